The van der Waals surface area contributed by atoms with Crippen LogP contribution in [0.25, 0.3) is 10.4 Å². The van der Waals surface area contributed by atoms with Crippen molar-refractivity contribution in [2.24, 2.45) is 5.11 Å². The molecule has 0 radical (unpaired) electrons. The topological polar surface area (TPSA) is 128 Å². The number of esters is 2. The molecular formula is C10H13FIN3O6. The van der Waals surface area contributed by atoms with Crippen LogP contribution in [0.3, 0.4) is 0 Å². The second-order valence-electron chi connectivity index (χ2n) is 3.68. The average Bonchev–Trinajstić information content (AvgIpc) is 2.38. The van der Waals surface area contributed by atoms with Crippen LogP contribution in [0, 0.1) is 0 Å². The van der Waals surface area contributed by atoms with Crippen LogP contribution in [-0.2, 0) is 28.6 Å². The van der Waals surface area contributed by atoms with Crippen LogP contribution in [0.15, 0.2) is 5.11 Å². The van der Waals surface area contributed by atoms with Gasteiger partial charge in [-0.05, 0) is 28.1 Å². The van der Waals surface area contributed by atoms with E-state index in [0.29, 0.717) is 0 Å². The minimum Gasteiger partial charge on any atom is -0.462 e. The van der Waals surface area contributed by atoms with Crippen molar-refractivity contribution in [2.45, 2.75) is 36.3 Å². The Morgan fingerprint density at radius 2 is 2.05 bits per heavy atom. The van der Waals surface area contributed by atoms with E-state index in [2.05, 4.69) is 19.5 Å². The van der Waals surface area contributed by atoms with Crippen LogP contribution < -0.4 is 0 Å². The standard InChI is InChI=1S/C10H13FIN3O6/c1-5(17)19-3-7(20-4-16)9(21-6(2)18)8(10(11)12)14-15-13/h4,7-10H,3H2,1-2H3/t7-,8?,9-,10?/m1/s1. The zero-order valence-electron chi connectivity index (χ0n) is 11.1. The summed E-state index contributed by atoms with van der Waals surface area (Å²) in [5.41, 5.74) is 8.45. The third-order valence-electron chi connectivity index (χ3n) is 2.13. The first kappa shape index (κ1) is 19.4. The Hall–Kier alpha value is -1.62. The summed E-state index contributed by atoms with van der Waals surface area (Å²) >= 11 is 1.32. The van der Waals surface area contributed by atoms with Gasteiger partial charge in [-0.15, -0.1) is 0 Å². The van der Waals surface area contributed by atoms with E-state index in [0.717, 1.165) is 13.8 Å². The lowest BCUT2D eigenvalue weighted by molar-refractivity contribution is -0.169. The number of rotatable bonds is 9. The van der Waals surface area contributed by atoms with Crippen molar-refractivity contribution >= 4 is 41.0 Å². The van der Waals surface area contributed by atoms with E-state index in [1.165, 1.54) is 22.6 Å². The molecular weight excluding hydrogens is 404 g/mol. The molecule has 11 heteroatoms. The summed E-state index contributed by atoms with van der Waals surface area (Å²) in [5.74, 6) is -1.49. The fourth-order valence-corrected chi connectivity index (χ4v) is 1.91. The molecule has 2 unspecified atom stereocenters. The molecule has 118 valence electrons. The smallest absolute Gasteiger partial charge is 0.303 e. The number of halogens is 2. The zero-order valence-corrected chi connectivity index (χ0v) is 13.3. The number of ether oxygens (including phenoxy) is 3. The zero-order chi connectivity index (χ0) is 16.4. The fraction of sp³-hybridized carbons (Fsp3) is 0.700. The summed E-state index contributed by atoms with van der Waals surface area (Å²) in [7, 11) is 0. The van der Waals surface area contributed by atoms with Gasteiger partial charge in [0.05, 0.1) is 0 Å². The molecule has 0 aromatic heterocycles. The summed E-state index contributed by atoms with van der Waals surface area (Å²) in [6.45, 7) is 1.70. The number of carbonyl (C=O) groups is 3. The first-order chi connectivity index (χ1) is 9.83. The number of hydrogen-bond acceptors (Lipinski definition) is 7. The minimum absolute atomic E-state index is 0.0260. The van der Waals surface area contributed by atoms with Crippen LogP contribution in [-0.4, -0.2) is 47.4 Å². The maximum Gasteiger partial charge on any atom is 0.303 e. The lowest BCUT2D eigenvalue weighted by atomic mass is 10.1. The van der Waals surface area contributed by atoms with Crippen LogP contribution in [0.2, 0.25) is 0 Å². The van der Waals surface area contributed by atoms with Crippen molar-refractivity contribution in [3.8, 4) is 0 Å². The van der Waals surface area contributed by atoms with Gasteiger partial charge < -0.3 is 14.2 Å². The second-order valence-corrected chi connectivity index (χ2v) is 4.87. The maximum atomic E-state index is 13.5. The molecule has 0 aromatic carbocycles. The molecule has 0 aromatic rings. The summed E-state index contributed by atoms with van der Waals surface area (Å²) in [5, 5.41) is 3.19. The van der Waals surface area contributed by atoms with Gasteiger partial charge in [0.25, 0.3) is 6.47 Å². The SMILES string of the molecule is CC(=O)OC[C@@H](OC=O)[C@@H](OC(C)=O)C(N=[N+]=[N-])C(F)I. The van der Waals surface area contributed by atoms with Crippen LogP contribution >= 0.6 is 22.6 Å². The van der Waals surface area contributed by atoms with E-state index in [1.54, 1.807) is 0 Å². The second kappa shape index (κ2) is 10.2. The highest BCUT2D eigenvalue weighted by atomic mass is 127. The van der Waals surface area contributed by atoms with Gasteiger partial charge >= 0.3 is 11.9 Å². The Balaban J connectivity index is 5.35. The van der Waals surface area contributed by atoms with Crippen molar-refractivity contribution in [3.63, 3.8) is 0 Å². The van der Waals surface area contributed by atoms with Crippen molar-refractivity contribution in [3.05, 3.63) is 10.4 Å². The molecule has 0 amide bonds. The highest BCUT2D eigenvalue weighted by molar-refractivity contribution is 14.1. The summed E-state index contributed by atoms with van der Waals surface area (Å²) in [6, 6.07) is -1.46. The molecule has 0 aliphatic rings. The molecule has 0 fully saturated rings. The summed E-state index contributed by atoms with van der Waals surface area (Å²) in [6.07, 6.45) is -2.74. The average molecular weight is 417 g/mol. The molecule has 0 rings (SSSR count). The molecule has 0 heterocycles. The van der Waals surface area contributed by atoms with E-state index in [9.17, 15) is 18.8 Å². The number of hydrogen-bond donors (Lipinski definition) is 0. The largest absolute Gasteiger partial charge is 0.462 e. The molecule has 0 aliphatic carbocycles. The van der Waals surface area contributed by atoms with Gasteiger partial charge in [0.1, 0.15) is 12.6 Å². The van der Waals surface area contributed by atoms with Gasteiger partial charge in [-0.25, -0.2) is 4.39 Å². The Labute approximate surface area is 132 Å². The summed E-state index contributed by atoms with van der Waals surface area (Å²) in [4.78, 5) is 34.9. The summed E-state index contributed by atoms with van der Waals surface area (Å²) < 4.78 is 26.0. The molecule has 9 nitrogen and oxygen atoms in total. The molecule has 0 spiro atoms. The van der Waals surface area contributed by atoms with E-state index in [4.69, 9.17) is 10.3 Å². The van der Waals surface area contributed by atoms with Gasteiger partial charge in [-0.1, -0.05) is 5.11 Å². The molecule has 4 atom stereocenters. The molecule has 0 bridgehead atoms. The normalized spacial score (nSPS) is 15.6. The van der Waals surface area contributed by atoms with Crippen molar-refractivity contribution in [1.29, 1.82) is 0 Å². The monoisotopic (exact) mass is 417 g/mol. The van der Waals surface area contributed by atoms with Gasteiger partial charge in [0.2, 0.25) is 0 Å². The van der Waals surface area contributed by atoms with E-state index in [1.807, 2.05) is 0 Å². The lowest BCUT2D eigenvalue weighted by Gasteiger charge is -2.29. The number of azide groups is 1. The highest BCUT2D eigenvalue weighted by Crippen LogP contribution is 2.22. The maximum absolute atomic E-state index is 13.5. The third-order valence-corrected chi connectivity index (χ3v) is 2.87. The van der Waals surface area contributed by atoms with Crippen molar-refractivity contribution in [1.82, 2.24) is 0 Å². The number of carbonyl (C=O) groups excluding carboxylic acids is 3. The molecule has 0 aliphatic heterocycles. The van der Waals surface area contributed by atoms with E-state index >= 15 is 0 Å². The number of alkyl halides is 2. The third kappa shape index (κ3) is 7.66. The quantitative estimate of drug-likeness (QED) is 0.0816. The Bertz CT molecular complexity index is 429. The van der Waals surface area contributed by atoms with Crippen LogP contribution in [0.1, 0.15) is 13.8 Å². The molecule has 0 N–H and O–H groups in total. The van der Waals surface area contributed by atoms with Crippen LogP contribution in [0.4, 0.5) is 4.39 Å². The van der Waals surface area contributed by atoms with Crippen molar-refractivity contribution in [2.75, 3.05) is 6.61 Å². The van der Waals surface area contributed by atoms with E-state index in [-0.39, 0.29) is 6.47 Å². The Kier molecular flexibility index (Phi) is 9.37. The molecule has 0 saturated heterocycles. The first-order valence-corrected chi connectivity index (χ1v) is 6.80. The highest BCUT2D eigenvalue weighted by Gasteiger charge is 2.38. The Morgan fingerprint density at radius 1 is 1.43 bits per heavy atom. The van der Waals surface area contributed by atoms with Gasteiger partial charge in [-0.3, -0.25) is 14.4 Å². The predicted octanol–water partition coefficient (Wildman–Crippen LogP) is 1.43. The first-order valence-electron chi connectivity index (χ1n) is 5.55. The van der Waals surface area contributed by atoms with Gasteiger partial charge in [0, 0.05) is 18.8 Å². The fourth-order valence-electron chi connectivity index (χ4n) is 1.36. The Morgan fingerprint density at radius 3 is 2.43 bits per heavy atom. The van der Waals surface area contributed by atoms with E-state index < -0.39 is 41.0 Å². The van der Waals surface area contributed by atoms with Gasteiger partial charge in [-0.2, -0.15) is 0 Å². The molecule has 21 heavy (non-hydrogen) atoms. The van der Waals surface area contributed by atoms with Crippen molar-refractivity contribution < 1.29 is 33.0 Å². The number of nitrogens with zero attached hydrogens (tertiary/aromatic N) is 3. The minimum atomic E-state index is -1.72. The van der Waals surface area contributed by atoms with Crippen LogP contribution in [0.5, 0.6) is 0 Å². The predicted molar refractivity (Wildman–Crippen MR) is 75.0 cm³/mol. The lowest BCUT2D eigenvalue weighted by Crippen LogP contribution is -2.46. The molecule has 0 saturated carbocycles. The van der Waals surface area contributed by atoms with Gasteiger partial charge in [0.15, 0.2) is 16.4 Å².